The molecule has 2 atom stereocenters. The number of furan rings is 1. The zero-order valence-corrected chi connectivity index (χ0v) is 11.9. The van der Waals surface area contributed by atoms with Crippen molar-refractivity contribution in [1.29, 1.82) is 0 Å². The smallest absolute Gasteiger partial charge is 0.371 e. The molecule has 0 aromatic carbocycles. The summed E-state index contributed by atoms with van der Waals surface area (Å²) in [6.45, 7) is 6.68. The van der Waals surface area contributed by atoms with Crippen LogP contribution in [0.4, 0.5) is 0 Å². The number of hydrogen-bond donors (Lipinski definition) is 1. The van der Waals surface area contributed by atoms with Crippen LogP contribution in [0, 0.1) is 0 Å². The van der Waals surface area contributed by atoms with E-state index in [4.69, 9.17) is 9.52 Å². The van der Waals surface area contributed by atoms with Gasteiger partial charge in [-0.25, -0.2) is 4.79 Å². The number of carbonyl (C=O) groups is 1. The Morgan fingerprint density at radius 1 is 1.35 bits per heavy atom. The van der Waals surface area contributed by atoms with E-state index in [1.165, 1.54) is 32.4 Å². The summed E-state index contributed by atoms with van der Waals surface area (Å²) in [6.07, 6.45) is 3.86. The van der Waals surface area contributed by atoms with E-state index in [2.05, 4.69) is 16.7 Å². The Morgan fingerprint density at radius 2 is 2.10 bits per heavy atom. The van der Waals surface area contributed by atoms with Crippen molar-refractivity contribution in [2.24, 2.45) is 0 Å². The third kappa shape index (κ3) is 2.60. The number of carboxylic acids is 1. The lowest BCUT2D eigenvalue weighted by atomic mass is 10.2. The van der Waals surface area contributed by atoms with E-state index in [1.54, 1.807) is 12.1 Å². The highest BCUT2D eigenvalue weighted by Crippen LogP contribution is 2.29. The van der Waals surface area contributed by atoms with Gasteiger partial charge in [-0.2, -0.15) is 0 Å². The Hall–Kier alpha value is -1.33. The van der Waals surface area contributed by atoms with Gasteiger partial charge in [-0.15, -0.1) is 0 Å². The highest BCUT2D eigenvalue weighted by molar-refractivity contribution is 5.84. The zero-order chi connectivity index (χ0) is 14.1. The molecule has 0 aliphatic carbocycles. The standard InChI is InChI=1S/C15H22N2O3/c1-11(13-4-5-14(20-13)15(18)19)17-9-6-12(10-17)16-7-2-3-8-16/h4-5,11-12H,2-3,6-10H2,1H3,(H,18,19). The van der Waals surface area contributed by atoms with Crippen molar-refractivity contribution in [3.8, 4) is 0 Å². The van der Waals surface area contributed by atoms with Gasteiger partial charge in [0.25, 0.3) is 0 Å². The number of hydrogen-bond acceptors (Lipinski definition) is 4. The van der Waals surface area contributed by atoms with Crippen LogP contribution in [0.25, 0.3) is 0 Å². The SMILES string of the molecule is CC(c1ccc(C(=O)O)o1)N1CCC(N2CCCC2)C1. The van der Waals surface area contributed by atoms with E-state index >= 15 is 0 Å². The molecule has 0 saturated carbocycles. The quantitative estimate of drug-likeness (QED) is 0.915. The minimum Gasteiger partial charge on any atom is -0.475 e. The second-order valence-corrected chi connectivity index (χ2v) is 5.86. The predicted octanol–water partition coefficient (Wildman–Crippen LogP) is 2.21. The summed E-state index contributed by atoms with van der Waals surface area (Å²) in [4.78, 5) is 15.9. The van der Waals surface area contributed by atoms with Crippen molar-refractivity contribution in [3.63, 3.8) is 0 Å². The summed E-state index contributed by atoms with van der Waals surface area (Å²) in [5.41, 5.74) is 0. The molecule has 2 aliphatic heterocycles. The molecule has 0 amide bonds. The Labute approximate surface area is 119 Å². The zero-order valence-electron chi connectivity index (χ0n) is 11.9. The molecule has 3 heterocycles. The molecular weight excluding hydrogens is 256 g/mol. The monoisotopic (exact) mass is 278 g/mol. The number of carboxylic acid groups (broad SMARTS) is 1. The highest BCUT2D eigenvalue weighted by Gasteiger charge is 2.32. The minimum atomic E-state index is -1.00. The van der Waals surface area contributed by atoms with Crippen LogP contribution in [0.5, 0.6) is 0 Å². The van der Waals surface area contributed by atoms with Gasteiger partial charge in [0.05, 0.1) is 6.04 Å². The van der Waals surface area contributed by atoms with Gasteiger partial charge >= 0.3 is 5.97 Å². The molecule has 0 spiro atoms. The first-order valence-corrected chi connectivity index (χ1v) is 7.46. The maximum absolute atomic E-state index is 10.9. The number of nitrogens with zero attached hydrogens (tertiary/aromatic N) is 2. The Balaban J connectivity index is 1.62. The molecule has 5 heteroatoms. The topological polar surface area (TPSA) is 56.9 Å². The average molecular weight is 278 g/mol. The third-order valence-electron chi connectivity index (χ3n) is 4.65. The number of likely N-dealkylation sites (tertiary alicyclic amines) is 2. The van der Waals surface area contributed by atoms with Crippen LogP contribution in [0.3, 0.4) is 0 Å². The van der Waals surface area contributed by atoms with Gasteiger partial charge in [-0.1, -0.05) is 0 Å². The molecule has 2 saturated heterocycles. The molecule has 5 nitrogen and oxygen atoms in total. The molecule has 2 fully saturated rings. The van der Waals surface area contributed by atoms with E-state index < -0.39 is 5.97 Å². The maximum atomic E-state index is 10.9. The van der Waals surface area contributed by atoms with Crippen LogP contribution in [0.1, 0.15) is 48.5 Å². The predicted molar refractivity (Wildman–Crippen MR) is 74.9 cm³/mol. The van der Waals surface area contributed by atoms with Crippen molar-refractivity contribution in [1.82, 2.24) is 9.80 Å². The van der Waals surface area contributed by atoms with Gasteiger partial charge in [0, 0.05) is 19.1 Å². The summed E-state index contributed by atoms with van der Waals surface area (Å²) in [7, 11) is 0. The van der Waals surface area contributed by atoms with Gasteiger partial charge in [-0.05, 0) is 51.4 Å². The van der Waals surface area contributed by atoms with Crippen molar-refractivity contribution in [3.05, 3.63) is 23.7 Å². The summed E-state index contributed by atoms with van der Waals surface area (Å²) < 4.78 is 5.43. The van der Waals surface area contributed by atoms with Gasteiger partial charge in [0.1, 0.15) is 5.76 Å². The maximum Gasteiger partial charge on any atom is 0.371 e. The molecular formula is C15H22N2O3. The van der Waals surface area contributed by atoms with Crippen LogP contribution in [-0.2, 0) is 0 Å². The van der Waals surface area contributed by atoms with E-state index in [0.29, 0.717) is 6.04 Å². The van der Waals surface area contributed by atoms with E-state index in [0.717, 1.165) is 18.8 Å². The summed E-state index contributed by atoms with van der Waals surface area (Å²) in [5, 5.41) is 8.92. The van der Waals surface area contributed by atoms with Crippen molar-refractivity contribution < 1.29 is 14.3 Å². The molecule has 0 radical (unpaired) electrons. The van der Waals surface area contributed by atoms with Crippen LogP contribution in [0.2, 0.25) is 0 Å². The first kappa shape index (κ1) is 13.6. The molecule has 1 N–H and O–H groups in total. The molecule has 3 rings (SSSR count). The number of rotatable bonds is 4. The van der Waals surface area contributed by atoms with Crippen LogP contribution in [-0.4, -0.2) is 53.1 Å². The Morgan fingerprint density at radius 3 is 2.75 bits per heavy atom. The molecule has 20 heavy (non-hydrogen) atoms. The van der Waals surface area contributed by atoms with Crippen LogP contribution in [0.15, 0.2) is 16.5 Å². The van der Waals surface area contributed by atoms with E-state index in [-0.39, 0.29) is 11.8 Å². The molecule has 110 valence electrons. The summed E-state index contributed by atoms with van der Waals surface area (Å²) in [6, 6.07) is 4.14. The lowest BCUT2D eigenvalue weighted by Gasteiger charge is -2.26. The molecule has 2 aliphatic rings. The van der Waals surface area contributed by atoms with Crippen LogP contribution >= 0.6 is 0 Å². The van der Waals surface area contributed by atoms with Gasteiger partial charge < -0.3 is 9.52 Å². The first-order valence-electron chi connectivity index (χ1n) is 7.46. The van der Waals surface area contributed by atoms with Gasteiger partial charge in [-0.3, -0.25) is 9.80 Å². The second kappa shape index (κ2) is 5.58. The lowest BCUT2D eigenvalue weighted by molar-refractivity contribution is 0.0656. The molecule has 1 aromatic rings. The largest absolute Gasteiger partial charge is 0.475 e. The van der Waals surface area contributed by atoms with E-state index in [9.17, 15) is 4.79 Å². The average Bonchev–Trinajstić information content (AvgIpc) is 3.17. The third-order valence-corrected chi connectivity index (χ3v) is 4.65. The van der Waals surface area contributed by atoms with E-state index in [1.807, 2.05) is 0 Å². The highest BCUT2D eigenvalue weighted by atomic mass is 16.4. The lowest BCUT2D eigenvalue weighted by Crippen LogP contribution is -2.35. The van der Waals surface area contributed by atoms with Crippen molar-refractivity contribution in [2.75, 3.05) is 26.2 Å². The van der Waals surface area contributed by atoms with Crippen molar-refractivity contribution in [2.45, 2.75) is 38.3 Å². The second-order valence-electron chi connectivity index (χ2n) is 5.86. The fourth-order valence-corrected chi connectivity index (χ4v) is 3.40. The molecule has 1 aromatic heterocycles. The Bertz CT molecular complexity index is 479. The summed E-state index contributed by atoms with van der Waals surface area (Å²) in [5.74, 6) is -0.216. The first-order chi connectivity index (χ1) is 9.65. The molecule has 2 unspecified atom stereocenters. The van der Waals surface area contributed by atoms with Gasteiger partial charge in [0.2, 0.25) is 5.76 Å². The Kier molecular flexibility index (Phi) is 3.81. The van der Waals surface area contributed by atoms with Crippen LogP contribution < -0.4 is 0 Å². The van der Waals surface area contributed by atoms with Gasteiger partial charge in [0.15, 0.2) is 0 Å². The molecule has 0 bridgehead atoms. The fourth-order valence-electron chi connectivity index (χ4n) is 3.40. The van der Waals surface area contributed by atoms with Crippen molar-refractivity contribution >= 4 is 5.97 Å². The normalized spacial score (nSPS) is 26.1. The minimum absolute atomic E-state index is 0.0298. The summed E-state index contributed by atoms with van der Waals surface area (Å²) >= 11 is 0. The fraction of sp³-hybridized carbons (Fsp3) is 0.667. The number of aromatic carboxylic acids is 1.